The summed E-state index contributed by atoms with van der Waals surface area (Å²) in [5.41, 5.74) is 17.7. The Hall–Kier alpha value is -17.4. The molecule has 0 bridgehead atoms. The molecular weight excluding hydrogens is 1980 g/mol. The first-order valence-electron chi connectivity index (χ1n) is 50.0. The van der Waals surface area contributed by atoms with Gasteiger partial charge in [-0.3, -0.25) is 13.7 Å². The first-order valence-corrected chi connectivity index (χ1v) is 56.5. The zero-order valence-corrected chi connectivity index (χ0v) is 85.6. The minimum Gasteiger partial charge on any atom is -0.456 e. The molecule has 0 aliphatic heterocycles. The molecule has 150 heavy (non-hydrogen) atoms. The van der Waals surface area contributed by atoms with E-state index in [4.69, 9.17) is 34.3 Å². The van der Waals surface area contributed by atoms with Gasteiger partial charge in [-0.1, -0.05) is 315 Å². The van der Waals surface area contributed by atoms with Gasteiger partial charge in [-0.2, -0.15) is 0 Å². The van der Waals surface area contributed by atoms with Crippen molar-refractivity contribution in [1.29, 1.82) is 0 Å². The van der Waals surface area contributed by atoms with E-state index in [0.29, 0.717) is 17.8 Å². The zero-order chi connectivity index (χ0) is 97.5. The summed E-state index contributed by atoms with van der Waals surface area (Å²) >= 11 is 14.7. The van der Waals surface area contributed by atoms with E-state index in [1.807, 2.05) is 68.8 Å². The average molecular weight is 2050 g/mol. The fourth-order valence-corrected chi connectivity index (χ4v) is 33.8. The highest BCUT2D eigenvalue weighted by atomic mass is 32.1. The highest BCUT2D eigenvalue weighted by Crippen LogP contribution is 2.56. The number of hydrogen-bond donors (Lipinski definition) is 0. The molecule has 0 radical (unpaired) electrons. The van der Waals surface area contributed by atoms with Crippen LogP contribution in [0.25, 0.3) is 333 Å². The molecule has 0 atom stereocenters. The second-order valence-electron chi connectivity index (χ2n) is 38.6. The van der Waals surface area contributed by atoms with Crippen molar-refractivity contribution in [2.45, 2.75) is 0 Å². The number of aromatic nitrogens is 9. The van der Waals surface area contributed by atoms with Gasteiger partial charge in [-0.15, -0.1) is 90.7 Å². The summed E-state index contributed by atoms with van der Waals surface area (Å²) in [7, 11) is 0. The summed E-state index contributed by atoms with van der Waals surface area (Å²) < 4.78 is 33.1. The predicted molar refractivity (Wildman–Crippen MR) is 648 cm³/mol. The smallest absolute Gasteiger partial charge is 0.235 e. The minimum atomic E-state index is 0.672. The van der Waals surface area contributed by atoms with Crippen molar-refractivity contribution in [2.75, 3.05) is 0 Å². The largest absolute Gasteiger partial charge is 0.456 e. The Morgan fingerprint density at radius 3 is 0.867 bits per heavy atom. The number of para-hydroxylation sites is 4. The minimum absolute atomic E-state index is 0.672. The fraction of sp³-hybridized carbons (Fsp3) is 0. The molecule has 10 nitrogen and oxygen atoms in total. The van der Waals surface area contributed by atoms with Crippen LogP contribution in [0.15, 0.2) is 423 Å². The number of furan rings is 1. The van der Waals surface area contributed by atoms with Gasteiger partial charge in [0.1, 0.15) is 11.2 Å². The lowest BCUT2D eigenvalue weighted by Gasteiger charge is -2.12. The summed E-state index contributed by atoms with van der Waals surface area (Å²) in [6, 6.07) is 151. The van der Waals surface area contributed by atoms with E-state index in [9.17, 15) is 0 Å². The average Bonchev–Trinajstić information content (AvgIpc) is 1.53. The van der Waals surface area contributed by atoms with Gasteiger partial charge in [0, 0.05) is 207 Å². The van der Waals surface area contributed by atoms with Gasteiger partial charge in [0.25, 0.3) is 0 Å². The molecule has 0 fully saturated rings. The lowest BCUT2D eigenvalue weighted by molar-refractivity contribution is 0.669. The Morgan fingerprint density at radius 2 is 0.440 bits per heavy atom. The molecule has 15 heterocycles. The van der Waals surface area contributed by atoms with Crippen LogP contribution in [0.2, 0.25) is 0 Å². The van der Waals surface area contributed by atoms with Gasteiger partial charge in [-0.25, -0.2) is 29.9 Å². The third-order valence-corrected chi connectivity index (χ3v) is 40.1. The van der Waals surface area contributed by atoms with Crippen molar-refractivity contribution in [3.63, 3.8) is 0 Å². The van der Waals surface area contributed by atoms with E-state index >= 15 is 0 Å². The number of thiophene rings is 8. The standard InChI is InChI=1S/C44H23N3OS2.2C44H23N3S3/c1-2-13-27-26(12-1)37-28-14-3-7-17-32(28)47(41(37)38-29-15-5-9-19-35(29)49-42(27)38)44-45-39(43-40(46-44)30-16-6-10-20-36(30)50-43)24-21-22-34-31(23-24)25-11-4-8-18-33(25)48-34;1-2-14-27-25(13-1)36-28-15-3-7-20-32(28)47(40(36)37-29-16-5-9-22-34(29)49-42(27)37)44-45-38-30-17-6-10-23-35(30)50-43(38)39(46-44)31-19-11-18-26-24-12-4-8-21-33(24)48-41(26)31;1-2-13-27-26(12-1)37-28-14-3-7-17-32(28)47(41(37)38-29-15-5-9-19-34(29)49-42(27)38)44-45-39(43-40(46-44)30-16-6-10-20-35(30)50-43)24-21-22-36-31(23-24)25-11-4-8-18-33(25)48-36/h3*1-23H. The topological polar surface area (TPSA) is 105 Å². The Morgan fingerprint density at radius 1 is 0.167 bits per heavy atom. The van der Waals surface area contributed by atoms with Crippen LogP contribution in [-0.4, -0.2) is 43.6 Å². The third-order valence-electron chi connectivity index (χ3n) is 30.6. The molecule has 36 rings (SSSR count). The number of fused-ring (bicyclic) bond motifs is 48. The van der Waals surface area contributed by atoms with Gasteiger partial charge >= 0.3 is 0 Å². The molecule has 0 saturated carbocycles. The molecule has 0 unspecified atom stereocenters. The van der Waals surface area contributed by atoms with Crippen molar-refractivity contribution in [3.05, 3.63) is 419 Å². The summed E-state index contributed by atoms with van der Waals surface area (Å²) in [6.07, 6.45) is 0. The van der Waals surface area contributed by atoms with Gasteiger partial charge in [0.05, 0.1) is 80.8 Å². The molecule has 36 aromatic rings. The second kappa shape index (κ2) is 32.1. The van der Waals surface area contributed by atoms with E-state index in [1.165, 1.54) is 196 Å². The Bertz CT molecular complexity index is 11900. The van der Waals surface area contributed by atoms with E-state index in [2.05, 4.69) is 420 Å². The van der Waals surface area contributed by atoms with Gasteiger partial charge in [-0.05, 0) is 119 Å². The van der Waals surface area contributed by atoms with Gasteiger partial charge < -0.3 is 4.42 Å². The van der Waals surface area contributed by atoms with Crippen LogP contribution < -0.4 is 0 Å². The fourth-order valence-electron chi connectivity index (χ4n) is 24.3. The van der Waals surface area contributed by atoms with Crippen LogP contribution in [0.1, 0.15) is 0 Å². The molecule has 18 heteroatoms. The highest BCUT2D eigenvalue weighted by Gasteiger charge is 2.32. The van der Waals surface area contributed by atoms with Gasteiger partial charge in [0.15, 0.2) is 0 Å². The van der Waals surface area contributed by atoms with Crippen LogP contribution in [0, 0.1) is 0 Å². The normalized spacial score (nSPS) is 12.4. The third kappa shape index (κ3) is 12.0. The molecule has 0 aliphatic rings. The van der Waals surface area contributed by atoms with E-state index in [-0.39, 0.29) is 0 Å². The van der Waals surface area contributed by atoms with Crippen molar-refractivity contribution in [1.82, 2.24) is 43.6 Å². The molecule has 0 aliphatic carbocycles. The van der Waals surface area contributed by atoms with Crippen molar-refractivity contribution < 1.29 is 4.42 Å². The quantitative estimate of drug-likeness (QED) is 0.163. The van der Waals surface area contributed by atoms with Crippen LogP contribution in [0.4, 0.5) is 0 Å². The maximum atomic E-state index is 6.23. The molecule has 0 spiro atoms. The summed E-state index contributed by atoms with van der Waals surface area (Å²) in [4.78, 5) is 33.4. The molecule has 15 aromatic heterocycles. The number of hydrogen-bond acceptors (Lipinski definition) is 15. The maximum Gasteiger partial charge on any atom is 0.235 e. The molecule has 21 aromatic carbocycles. The summed E-state index contributed by atoms with van der Waals surface area (Å²) in [6.45, 7) is 0. The van der Waals surface area contributed by atoms with Crippen LogP contribution in [0.5, 0.6) is 0 Å². The lowest BCUT2D eigenvalue weighted by Crippen LogP contribution is -2.03. The second-order valence-corrected chi connectivity index (χ2v) is 47.1. The van der Waals surface area contributed by atoms with Crippen molar-refractivity contribution in [2.24, 2.45) is 0 Å². The van der Waals surface area contributed by atoms with Crippen molar-refractivity contribution >= 4 is 372 Å². The molecule has 0 N–H and O–H groups in total. The summed E-state index contributed by atoms with van der Waals surface area (Å²) in [5.74, 6) is 2.07. The number of nitrogens with zero attached hydrogens (tertiary/aromatic N) is 9. The lowest BCUT2D eigenvalue weighted by atomic mass is 10.00. The van der Waals surface area contributed by atoms with Crippen LogP contribution in [-0.2, 0) is 0 Å². The SMILES string of the molecule is c1ccc2c(c1)oc1ccc(-c3nc(-n4c5ccccc5c5c6ccccc6c6sc7ccccc7c6c54)nc4c3sc3ccccc34)cc12.c1ccc2c(c1)sc1c(-c3nc(-n4c5ccccc5c5c6ccccc6c6sc7ccccc7c6c54)nc4c3sc3ccccc34)cccc12.c1ccc2c(c1)sc1ccc(-c3nc(-n4c5ccccc5c5c6ccccc6c6sc7ccccc7c6c54)nc4c3sc3ccccc34)cc12. The zero-order valence-electron chi connectivity index (χ0n) is 79.0. The predicted octanol–water partition coefficient (Wildman–Crippen LogP) is 40.0. The monoisotopic (exact) mass is 2050 g/mol. The molecule has 0 saturated heterocycles. The number of rotatable bonds is 6. The van der Waals surface area contributed by atoms with Crippen LogP contribution in [0.3, 0.4) is 0 Å². The highest BCUT2D eigenvalue weighted by molar-refractivity contribution is 7.30. The molecule has 0 amide bonds. The Labute approximate surface area is 882 Å². The van der Waals surface area contributed by atoms with Crippen LogP contribution >= 0.6 is 90.7 Å². The molecular formula is C132H69N9OS8. The van der Waals surface area contributed by atoms with Gasteiger partial charge in [0.2, 0.25) is 17.8 Å². The van der Waals surface area contributed by atoms with E-state index in [1.54, 1.807) is 34.0 Å². The first-order chi connectivity index (χ1) is 74.4. The van der Waals surface area contributed by atoms with Crippen molar-refractivity contribution in [3.8, 4) is 51.6 Å². The Balaban J connectivity index is 0.0000000957. The summed E-state index contributed by atoms with van der Waals surface area (Å²) in [5, 5.41) is 33.3. The molecule has 696 valence electrons. The Kier molecular flexibility index (Phi) is 17.9. The maximum absolute atomic E-state index is 6.23. The first kappa shape index (κ1) is 83.7. The van der Waals surface area contributed by atoms with E-state index < -0.39 is 0 Å². The van der Waals surface area contributed by atoms with E-state index in [0.717, 1.165) is 119 Å². The number of benzene rings is 21.